The van der Waals surface area contributed by atoms with Gasteiger partial charge in [0.05, 0.1) is 5.69 Å². The Hall–Kier alpha value is -3.32. The summed E-state index contributed by atoms with van der Waals surface area (Å²) in [5.74, 6) is 1.11. The van der Waals surface area contributed by atoms with Gasteiger partial charge in [-0.3, -0.25) is 9.20 Å². The minimum Gasteiger partial charge on any atom is -0.483 e. The monoisotopic (exact) mass is 419 g/mol. The normalized spacial score (nSPS) is 14.3. The average Bonchev–Trinajstić information content (AvgIpc) is 3.38. The van der Waals surface area contributed by atoms with E-state index >= 15 is 0 Å². The first-order valence-electron chi connectivity index (χ1n) is 9.73. The van der Waals surface area contributed by atoms with Crippen LogP contribution in [0, 0.1) is 0 Å². The molecular weight excluding hydrogens is 398 g/mol. The molecule has 0 atom stereocenters. The number of nitrogens with zero attached hydrogens (tertiary/aromatic N) is 2. The first kappa shape index (κ1) is 18.7. The van der Waals surface area contributed by atoms with Crippen LogP contribution >= 0.6 is 11.3 Å². The number of anilines is 1. The highest BCUT2D eigenvalue weighted by atomic mass is 32.1. The van der Waals surface area contributed by atoms with Gasteiger partial charge in [0.2, 0.25) is 0 Å². The van der Waals surface area contributed by atoms with E-state index in [1.54, 1.807) is 11.3 Å². The maximum absolute atomic E-state index is 12.4. The zero-order valence-electron chi connectivity index (χ0n) is 16.7. The Bertz CT molecular complexity index is 1200. The van der Waals surface area contributed by atoms with Crippen LogP contribution in [0.25, 0.3) is 16.2 Å². The van der Waals surface area contributed by atoms with Crippen molar-refractivity contribution < 1.29 is 14.3 Å². The molecule has 4 aromatic rings. The fraction of sp³-hybridized carbons (Fsp3) is 0.217. The van der Waals surface area contributed by atoms with Gasteiger partial charge >= 0.3 is 0 Å². The largest absolute Gasteiger partial charge is 0.483 e. The molecular formula is C23H21N3O3S. The second-order valence-corrected chi connectivity index (χ2v) is 8.79. The van der Waals surface area contributed by atoms with Gasteiger partial charge in [-0.2, -0.15) is 0 Å². The van der Waals surface area contributed by atoms with E-state index in [-0.39, 0.29) is 18.1 Å². The first-order valence-corrected chi connectivity index (χ1v) is 10.6. The number of hydrogen-bond acceptors (Lipinski definition) is 5. The fourth-order valence-electron chi connectivity index (χ4n) is 3.63. The van der Waals surface area contributed by atoms with Crippen molar-refractivity contribution in [2.45, 2.75) is 25.9 Å². The molecule has 0 saturated heterocycles. The van der Waals surface area contributed by atoms with E-state index in [0.29, 0.717) is 11.4 Å². The Labute approximate surface area is 178 Å². The third-order valence-electron chi connectivity index (χ3n) is 4.97. The molecule has 2 aromatic carbocycles. The number of carbonyl (C=O) groups is 1. The Balaban J connectivity index is 1.21. The van der Waals surface area contributed by atoms with Crippen molar-refractivity contribution in [2.75, 3.05) is 11.9 Å². The zero-order valence-corrected chi connectivity index (χ0v) is 17.5. The molecule has 0 saturated carbocycles. The molecule has 0 radical (unpaired) electrons. The molecule has 1 aliphatic heterocycles. The third kappa shape index (κ3) is 3.64. The summed E-state index contributed by atoms with van der Waals surface area (Å²) >= 11 is 1.60. The van der Waals surface area contributed by atoms with Crippen LogP contribution in [0.15, 0.2) is 60.2 Å². The predicted molar refractivity (Wildman–Crippen MR) is 117 cm³/mol. The molecule has 0 unspecified atom stereocenters. The third-order valence-corrected chi connectivity index (χ3v) is 5.74. The summed E-state index contributed by atoms with van der Waals surface area (Å²) in [7, 11) is 0. The minimum absolute atomic E-state index is 0.0840. The number of thiazole rings is 1. The lowest BCUT2D eigenvalue weighted by Crippen LogP contribution is -2.25. The van der Waals surface area contributed by atoms with Crippen LogP contribution in [0.1, 0.15) is 19.4 Å². The summed E-state index contributed by atoms with van der Waals surface area (Å²) < 4.78 is 13.7. The molecule has 0 bridgehead atoms. The van der Waals surface area contributed by atoms with Crippen LogP contribution in [0.4, 0.5) is 5.69 Å². The number of para-hydroxylation sites is 1. The highest BCUT2D eigenvalue weighted by molar-refractivity contribution is 7.15. The van der Waals surface area contributed by atoms with E-state index in [1.165, 1.54) is 0 Å². The number of rotatable bonds is 5. The molecule has 2 aromatic heterocycles. The summed E-state index contributed by atoms with van der Waals surface area (Å²) in [5, 5.41) is 4.87. The van der Waals surface area contributed by atoms with Gasteiger partial charge in [0.25, 0.3) is 5.91 Å². The van der Waals surface area contributed by atoms with Gasteiger partial charge in [-0.1, -0.05) is 24.3 Å². The van der Waals surface area contributed by atoms with Gasteiger partial charge in [-0.25, -0.2) is 4.98 Å². The summed E-state index contributed by atoms with van der Waals surface area (Å²) in [6.07, 6.45) is 4.81. The maximum Gasteiger partial charge on any atom is 0.262 e. The fourth-order valence-corrected chi connectivity index (χ4v) is 4.33. The van der Waals surface area contributed by atoms with E-state index in [1.807, 2.05) is 78.5 Å². The van der Waals surface area contributed by atoms with Gasteiger partial charge in [0.1, 0.15) is 5.60 Å². The van der Waals surface area contributed by atoms with E-state index in [2.05, 4.69) is 10.3 Å². The van der Waals surface area contributed by atoms with Crippen molar-refractivity contribution in [3.63, 3.8) is 0 Å². The Kier molecular flexibility index (Phi) is 4.47. The van der Waals surface area contributed by atoms with Crippen LogP contribution in [0.5, 0.6) is 11.5 Å². The lowest BCUT2D eigenvalue weighted by Gasteiger charge is -2.18. The second kappa shape index (κ2) is 7.18. The topological polar surface area (TPSA) is 64.9 Å². The molecule has 0 spiro atoms. The standard InChI is InChI=1S/C23H21N3O3S/c1-23(2)12-16-4-3-5-19(21(16)29-23)28-14-20(27)24-17-8-6-15(7-9-17)18-13-26-10-11-30-22(26)25-18/h3-11,13H,12,14H2,1-2H3,(H,24,27). The molecule has 1 N–H and O–H groups in total. The van der Waals surface area contributed by atoms with Crippen molar-refractivity contribution in [3.8, 4) is 22.8 Å². The number of benzene rings is 2. The predicted octanol–water partition coefficient (Wildman–Crippen LogP) is 4.79. The smallest absolute Gasteiger partial charge is 0.262 e. The summed E-state index contributed by atoms with van der Waals surface area (Å²) in [6, 6.07) is 13.4. The zero-order chi connectivity index (χ0) is 20.7. The summed E-state index contributed by atoms with van der Waals surface area (Å²) in [4.78, 5) is 17.9. The molecule has 0 fully saturated rings. The first-order chi connectivity index (χ1) is 14.5. The van der Waals surface area contributed by atoms with Crippen LogP contribution in [-0.4, -0.2) is 27.5 Å². The van der Waals surface area contributed by atoms with Gasteiger partial charge < -0.3 is 14.8 Å². The van der Waals surface area contributed by atoms with Crippen LogP contribution in [0.2, 0.25) is 0 Å². The summed E-state index contributed by atoms with van der Waals surface area (Å²) in [5.41, 5.74) is 3.47. The van der Waals surface area contributed by atoms with E-state index in [4.69, 9.17) is 9.47 Å². The van der Waals surface area contributed by atoms with E-state index < -0.39 is 0 Å². The number of amides is 1. The average molecular weight is 420 g/mol. The quantitative estimate of drug-likeness (QED) is 0.505. The van der Waals surface area contributed by atoms with Gasteiger partial charge in [-0.15, -0.1) is 11.3 Å². The van der Waals surface area contributed by atoms with Crippen molar-refractivity contribution in [1.29, 1.82) is 0 Å². The van der Waals surface area contributed by atoms with E-state index in [0.717, 1.165) is 34.0 Å². The molecule has 0 aliphatic carbocycles. The molecule has 30 heavy (non-hydrogen) atoms. The lowest BCUT2D eigenvalue weighted by molar-refractivity contribution is -0.118. The van der Waals surface area contributed by atoms with Crippen molar-refractivity contribution in [1.82, 2.24) is 9.38 Å². The highest BCUT2D eigenvalue weighted by Crippen LogP contribution is 2.41. The van der Waals surface area contributed by atoms with Crippen molar-refractivity contribution in [3.05, 3.63) is 65.8 Å². The van der Waals surface area contributed by atoms with Crippen LogP contribution in [0.3, 0.4) is 0 Å². The van der Waals surface area contributed by atoms with Gasteiger partial charge in [-0.05, 0) is 32.0 Å². The lowest BCUT2D eigenvalue weighted by atomic mass is 10.0. The van der Waals surface area contributed by atoms with Crippen molar-refractivity contribution >= 4 is 27.9 Å². The van der Waals surface area contributed by atoms with E-state index in [9.17, 15) is 4.79 Å². The van der Waals surface area contributed by atoms with Crippen molar-refractivity contribution in [2.24, 2.45) is 0 Å². The molecule has 1 aliphatic rings. The Morgan fingerprint density at radius 3 is 2.90 bits per heavy atom. The molecule has 7 heteroatoms. The summed E-state index contributed by atoms with van der Waals surface area (Å²) in [6.45, 7) is 4.00. The minimum atomic E-state index is -0.254. The maximum atomic E-state index is 12.4. The number of nitrogens with one attached hydrogen (secondary N) is 1. The number of aromatic nitrogens is 2. The van der Waals surface area contributed by atoms with Gasteiger partial charge in [0.15, 0.2) is 23.1 Å². The Morgan fingerprint density at radius 2 is 2.10 bits per heavy atom. The highest BCUT2D eigenvalue weighted by Gasteiger charge is 2.32. The number of imidazole rings is 1. The number of hydrogen-bond donors (Lipinski definition) is 1. The second-order valence-electron chi connectivity index (χ2n) is 7.92. The molecule has 1 amide bonds. The number of fused-ring (bicyclic) bond motifs is 2. The van der Waals surface area contributed by atoms with Crippen LogP contribution < -0.4 is 14.8 Å². The molecule has 6 nitrogen and oxygen atoms in total. The number of carbonyl (C=O) groups excluding carboxylic acids is 1. The number of ether oxygens (including phenoxy) is 2. The van der Waals surface area contributed by atoms with Gasteiger partial charge in [0, 0.05) is 41.0 Å². The molecule has 5 rings (SSSR count). The SMILES string of the molecule is CC1(C)Cc2cccc(OCC(=O)Nc3ccc(-c4cn5ccsc5n4)cc3)c2O1. The molecule has 152 valence electrons. The Morgan fingerprint density at radius 1 is 1.27 bits per heavy atom. The van der Waals surface area contributed by atoms with Crippen LogP contribution in [-0.2, 0) is 11.2 Å². The molecule has 3 heterocycles.